The zero-order valence-corrected chi connectivity index (χ0v) is 17.8. The summed E-state index contributed by atoms with van der Waals surface area (Å²) in [7, 11) is 2.12. The van der Waals surface area contributed by atoms with Crippen LogP contribution in [0.3, 0.4) is 0 Å². The summed E-state index contributed by atoms with van der Waals surface area (Å²) in [5.41, 5.74) is 6.64. The van der Waals surface area contributed by atoms with Gasteiger partial charge >= 0.3 is 0 Å². The number of hydrogen-bond donors (Lipinski definition) is 3. The van der Waals surface area contributed by atoms with E-state index in [4.69, 9.17) is 5.73 Å². The molecule has 166 valence electrons. The lowest BCUT2D eigenvalue weighted by molar-refractivity contribution is 0.0998. The first-order chi connectivity index (χ1) is 14.9. The minimum absolute atomic E-state index is 0.0483. The molecule has 0 radical (unpaired) electrons. The summed E-state index contributed by atoms with van der Waals surface area (Å²) in [5, 5.41) is 12.9. The van der Waals surface area contributed by atoms with Crippen LogP contribution in [0, 0.1) is 0 Å². The fraction of sp³-hybridized carbons (Fsp3) is 0.500. The molecule has 1 amide bonds. The van der Waals surface area contributed by atoms with Crippen molar-refractivity contribution in [2.75, 3.05) is 43.4 Å². The van der Waals surface area contributed by atoms with Crippen LogP contribution in [0.4, 0.5) is 11.5 Å². The van der Waals surface area contributed by atoms with Gasteiger partial charge in [0.1, 0.15) is 17.7 Å². The van der Waals surface area contributed by atoms with E-state index >= 15 is 0 Å². The summed E-state index contributed by atoms with van der Waals surface area (Å²) >= 11 is 0. The number of rotatable bonds is 5. The second-order valence-electron chi connectivity index (χ2n) is 8.46. The zero-order chi connectivity index (χ0) is 22.0. The Morgan fingerprint density at radius 3 is 2.29 bits per heavy atom. The van der Waals surface area contributed by atoms with E-state index < -0.39 is 11.5 Å². The highest BCUT2D eigenvalue weighted by Gasteiger charge is 2.24. The highest BCUT2D eigenvalue weighted by molar-refractivity contribution is 5.97. The van der Waals surface area contributed by atoms with Crippen LogP contribution in [0.15, 0.2) is 35.4 Å². The molecule has 0 unspecified atom stereocenters. The van der Waals surface area contributed by atoms with Gasteiger partial charge in [0.05, 0.1) is 11.8 Å². The number of nitrogens with one attached hydrogen (secondary N) is 1. The normalized spacial score (nSPS) is 22.3. The van der Waals surface area contributed by atoms with Crippen molar-refractivity contribution in [2.45, 2.75) is 37.8 Å². The molecule has 2 fully saturated rings. The highest BCUT2D eigenvalue weighted by Crippen LogP contribution is 2.23. The van der Waals surface area contributed by atoms with Gasteiger partial charge in [-0.1, -0.05) is 0 Å². The van der Waals surface area contributed by atoms with Gasteiger partial charge in [0.25, 0.3) is 11.5 Å². The average Bonchev–Trinajstić information content (AvgIpc) is 2.76. The molecule has 9 heteroatoms. The number of anilines is 2. The van der Waals surface area contributed by atoms with Gasteiger partial charge < -0.3 is 26.0 Å². The SMILES string of the molecule is CN1CCN(c2ccc(-n3cnc(NC4CCC(O)CC4)c(C(N)=O)c3=O)cc2)CC1. The van der Waals surface area contributed by atoms with Crippen LogP contribution in [0.5, 0.6) is 0 Å². The van der Waals surface area contributed by atoms with Gasteiger partial charge in [-0.25, -0.2) is 4.98 Å². The molecule has 1 aliphatic carbocycles. The molecule has 1 saturated heterocycles. The molecular formula is C22H30N6O3. The molecule has 1 aromatic carbocycles. The monoisotopic (exact) mass is 426 g/mol. The van der Waals surface area contributed by atoms with E-state index in [9.17, 15) is 14.7 Å². The van der Waals surface area contributed by atoms with E-state index in [1.54, 1.807) is 0 Å². The number of amides is 1. The summed E-state index contributed by atoms with van der Waals surface area (Å²) in [5.74, 6) is -0.594. The number of hydrogen-bond acceptors (Lipinski definition) is 7. The summed E-state index contributed by atoms with van der Waals surface area (Å²) in [6.07, 6.45) is 4.00. The second kappa shape index (κ2) is 9.07. The largest absolute Gasteiger partial charge is 0.393 e. The maximum Gasteiger partial charge on any atom is 0.272 e. The number of nitrogens with zero attached hydrogens (tertiary/aromatic N) is 4. The van der Waals surface area contributed by atoms with Crippen molar-refractivity contribution >= 4 is 17.4 Å². The van der Waals surface area contributed by atoms with E-state index in [1.807, 2.05) is 24.3 Å². The predicted octanol–water partition coefficient (Wildman–Crippen LogP) is 0.799. The van der Waals surface area contributed by atoms with Crippen LogP contribution in [0.25, 0.3) is 5.69 Å². The lowest BCUT2D eigenvalue weighted by Crippen LogP contribution is -2.44. The fourth-order valence-corrected chi connectivity index (χ4v) is 4.27. The molecule has 2 heterocycles. The summed E-state index contributed by atoms with van der Waals surface area (Å²) in [4.78, 5) is 34.1. The van der Waals surface area contributed by atoms with E-state index in [-0.39, 0.29) is 23.5 Å². The smallest absolute Gasteiger partial charge is 0.272 e. The van der Waals surface area contributed by atoms with Crippen molar-refractivity contribution in [1.29, 1.82) is 0 Å². The molecule has 0 bridgehead atoms. The Hall–Kier alpha value is -2.91. The Kier molecular flexibility index (Phi) is 6.24. The van der Waals surface area contributed by atoms with Crippen LogP contribution in [0.1, 0.15) is 36.0 Å². The summed E-state index contributed by atoms with van der Waals surface area (Å²) < 4.78 is 1.35. The number of aliphatic hydroxyl groups is 1. The van der Waals surface area contributed by atoms with Gasteiger partial charge in [-0.15, -0.1) is 0 Å². The average molecular weight is 427 g/mol. The molecule has 2 aliphatic rings. The Morgan fingerprint density at radius 2 is 1.68 bits per heavy atom. The van der Waals surface area contributed by atoms with Crippen molar-refractivity contribution < 1.29 is 9.90 Å². The first kappa shape index (κ1) is 21.3. The molecule has 1 aromatic heterocycles. The second-order valence-corrected chi connectivity index (χ2v) is 8.46. The van der Waals surface area contributed by atoms with Crippen molar-refractivity contribution in [3.05, 3.63) is 46.5 Å². The van der Waals surface area contributed by atoms with Crippen LogP contribution >= 0.6 is 0 Å². The lowest BCUT2D eigenvalue weighted by Gasteiger charge is -2.34. The zero-order valence-electron chi connectivity index (χ0n) is 17.8. The van der Waals surface area contributed by atoms with Crippen molar-refractivity contribution in [2.24, 2.45) is 5.73 Å². The molecule has 2 aromatic rings. The van der Waals surface area contributed by atoms with Crippen molar-refractivity contribution in [3.8, 4) is 5.69 Å². The molecule has 31 heavy (non-hydrogen) atoms. The third-order valence-corrected chi connectivity index (χ3v) is 6.25. The third-order valence-electron chi connectivity index (χ3n) is 6.25. The number of aliphatic hydroxyl groups excluding tert-OH is 1. The lowest BCUT2D eigenvalue weighted by atomic mass is 9.93. The molecule has 9 nitrogen and oxygen atoms in total. The van der Waals surface area contributed by atoms with E-state index in [0.717, 1.165) is 44.7 Å². The number of carbonyl (C=O) groups excluding carboxylic acids is 1. The summed E-state index contributed by atoms with van der Waals surface area (Å²) in [6, 6.07) is 7.73. The fourth-order valence-electron chi connectivity index (χ4n) is 4.27. The summed E-state index contributed by atoms with van der Waals surface area (Å²) in [6.45, 7) is 3.95. The molecule has 1 aliphatic heterocycles. The van der Waals surface area contributed by atoms with Gasteiger partial charge in [0.15, 0.2) is 0 Å². The number of likely N-dealkylation sites (N-methyl/N-ethyl adjacent to an activating group) is 1. The third kappa shape index (κ3) is 4.72. The van der Waals surface area contributed by atoms with Crippen LogP contribution in [-0.2, 0) is 0 Å². The number of carbonyl (C=O) groups is 1. The minimum atomic E-state index is -0.806. The maximum atomic E-state index is 13.1. The van der Waals surface area contributed by atoms with Gasteiger partial charge in [0, 0.05) is 37.9 Å². The Morgan fingerprint density at radius 1 is 1.06 bits per heavy atom. The Bertz CT molecular complexity index is 974. The minimum Gasteiger partial charge on any atom is -0.393 e. The van der Waals surface area contributed by atoms with Crippen molar-refractivity contribution in [1.82, 2.24) is 14.5 Å². The molecule has 1 saturated carbocycles. The van der Waals surface area contributed by atoms with Gasteiger partial charge in [0.2, 0.25) is 0 Å². The predicted molar refractivity (Wildman–Crippen MR) is 120 cm³/mol. The van der Waals surface area contributed by atoms with E-state index in [0.29, 0.717) is 18.5 Å². The van der Waals surface area contributed by atoms with Gasteiger partial charge in [-0.3, -0.25) is 14.2 Å². The maximum absolute atomic E-state index is 13.1. The molecular weight excluding hydrogens is 396 g/mol. The van der Waals surface area contributed by atoms with Crippen LogP contribution in [-0.4, -0.2) is 70.8 Å². The quantitative estimate of drug-likeness (QED) is 0.647. The Labute approximate surface area is 181 Å². The molecule has 0 spiro atoms. The first-order valence-corrected chi connectivity index (χ1v) is 10.8. The molecule has 4 rings (SSSR count). The standard InChI is InChI=1S/C22H30N6O3/c1-26-10-12-27(13-11-26)16-4-6-17(7-5-16)28-14-24-21(19(20(23)30)22(28)31)25-15-2-8-18(29)9-3-15/h4-7,14-15,18,25,29H,2-3,8-13H2,1H3,(H2,23,30). The number of nitrogens with two attached hydrogens (primary N) is 1. The topological polar surface area (TPSA) is 117 Å². The molecule has 0 atom stereocenters. The first-order valence-electron chi connectivity index (χ1n) is 10.8. The van der Waals surface area contributed by atoms with Gasteiger partial charge in [-0.2, -0.15) is 0 Å². The number of piperazine rings is 1. The van der Waals surface area contributed by atoms with E-state index in [1.165, 1.54) is 10.9 Å². The van der Waals surface area contributed by atoms with Crippen molar-refractivity contribution in [3.63, 3.8) is 0 Å². The number of aromatic nitrogens is 2. The highest BCUT2D eigenvalue weighted by atomic mass is 16.3. The number of primary amides is 1. The number of benzene rings is 1. The molecule has 4 N–H and O–H groups in total. The van der Waals surface area contributed by atoms with Gasteiger partial charge in [-0.05, 0) is 57.0 Å². The Balaban J connectivity index is 1.56. The van der Waals surface area contributed by atoms with Crippen LogP contribution < -0.4 is 21.5 Å². The van der Waals surface area contributed by atoms with E-state index in [2.05, 4.69) is 27.1 Å². The van der Waals surface area contributed by atoms with Crippen LogP contribution in [0.2, 0.25) is 0 Å².